The van der Waals surface area contributed by atoms with Gasteiger partial charge in [0.25, 0.3) is 0 Å². The van der Waals surface area contributed by atoms with Gasteiger partial charge in [0.15, 0.2) is 6.10 Å². The molecule has 0 saturated heterocycles. The average Bonchev–Trinajstić information content (AvgIpc) is 2.07. The number of rotatable bonds is 2. The second-order valence-corrected chi connectivity index (χ2v) is 2.89. The predicted molar refractivity (Wildman–Crippen MR) is 42.2 cm³/mol. The molecule has 14 heavy (non-hydrogen) atoms. The van der Waals surface area contributed by atoms with Gasteiger partial charge in [-0.3, -0.25) is 0 Å². The molecule has 0 saturated carbocycles. The van der Waals surface area contributed by atoms with Crippen molar-refractivity contribution >= 4 is 0 Å². The molecule has 1 nitrogen and oxygen atoms in total. The lowest BCUT2D eigenvalue weighted by Crippen LogP contribution is -2.30. The van der Waals surface area contributed by atoms with Crippen LogP contribution in [0.25, 0.3) is 0 Å². The van der Waals surface area contributed by atoms with Gasteiger partial charge in [0.1, 0.15) is 5.82 Å². The fourth-order valence-corrected chi connectivity index (χ4v) is 0.959. The van der Waals surface area contributed by atoms with Crippen LogP contribution in [-0.2, 0) is 6.42 Å². The number of alkyl halides is 3. The van der Waals surface area contributed by atoms with E-state index in [4.69, 9.17) is 5.11 Å². The Balaban J connectivity index is 2.65. The van der Waals surface area contributed by atoms with Crippen LogP contribution in [-0.4, -0.2) is 17.4 Å². The molecule has 1 aromatic carbocycles. The van der Waals surface area contributed by atoms with E-state index in [0.29, 0.717) is 0 Å². The molecule has 0 amide bonds. The van der Waals surface area contributed by atoms with Crippen LogP contribution in [0.15, 0.2) is 24.3 Å². The van der Waals surface area contributed by atoms with E-state index in [0.717, 1.165) is 12.1 Å². The smallest absolute Gasteiger partial charge is 0.383 e. The Morgan fingerprint density at radius 1 is 1.14 bits per heavy atom. The summed E-state index contributed by atoms with van der Waals surface area (Å²) in [6, 6.07) is 4.53. The fourth-order valence-electron chi connectivity index (χ4n) is 0.959. The highest BCUT2D eigenvalue weighted by Gasteiger charge is 2.37. The summed E-state index contributed by atoms with van der Waals surface area (Å²) in [5, 5.41) is 8.69. The number of hydrogen-bond acceptors (Lipinski definition) is 1. The number of hydrogen-bond donors (Lipinski definition) is 1. The lowest BCUT2D eigenvalue weighted by Gasteiger charge is -2.13. The SMILES string of the molecule is O[C@H](Cc1ccc(F)cc1)C(F)(F)F. The van der Waals surface area contributed by atoms with Gasteiger partial charge in [0.2, 0.25) is 0 Å². The van der Waals surface area contributed by atoms with Crippen LogP contribution in [0.3, 0.4) is 0 Å². The Labute approximate surface area is 78.0 Å². The van der Waals surface area contributed by atoms with Crippen molar-refractivity contribution in [3.63, 3.8) is 0 Å². The molecule has 0 radical (unpaired) electrons. The minimum atomic E-state index is -4.63. The summed E-state index contributed by atoms with van der Waals surface area (Å²) < 4.78 is 48.0. The third kappa shape index (κ3) is 2.99. The van der Waals surface area contributed by atoms with Crippen LogP contribution in [0.2, 0.25) is 0 Å². The van der Waals surface area contributed by atoms with Gasteiger partial charge in [0, 0.05) is 6.42 Å². The molecule has 0 aromatic heterocycles. The molecule has 0 spiro atoms. The van der Waals surface area contributed by atoms with Gasteiger partial charge >= 0.3 is 6.18 Å². The van der Waals surface area contributed by atoms with E-state index in [1.807, 2.05) is 0 Å². The van der Waals surface area contributed by atoms with E-state index >= 15 is 0 Å². The summed E-state index contributed by atoms with van der Waals surface area (Å²) in [7, 11) is 0. The summed E-state index contributed by atoms with van der Waals surface area (Å²) in [5.74, 6) is -0.518. The van der Waals surface area contributed by atoms with Gasteiger partial charge in [-0.05, 0) is 17.7 Å². The molecule has 0 aliphatic heterocycles. The van der Waals surface area contributed by atoms with Gasteiger partial charge in [0.05, 0.1) is 0 Å². The summed E-state index contributed by atoms with van der Waals surface area (Å²) in [6.07, 6.45) is -7.58. The van der Waals surface area contributed by atoms with Crippen LogP contribution in [0.4, 0.5) is 17.6 Å². The maximum absolute atomic E-state index is 12.4. The van der Waals surface area contributed by atoms with Crippen LogP contribution < -0.4 is 0 Å². The van der Waals surface area contributed by atoms with E-state index < -0.39 is 24.5 Å². The summed E-state index contributed by atoms with van der Waals surface area (Å²) in [6.45, 7) is 0. The quantitative estimate of drug-likeness (QED) is 0.739. The Hall–Kier alpha value is -1.10. The van der Waals surface area contributed by atoms with Crippen molar-refractivity contribution in [3.05, 3.63) is 35.6 Å². The second-order valence-electron chi connectivity index (χ2n) is 2.89. The van der Waals surface area contributed by atoms with Crippen molar-refractivity contribution in [2.45, 2.75) is 18.7 Å². The highest BCUT2D eigenvalue weighted by molar-refractivity contribution is 5.17. The molecule has 5 heteroatoms. The molecule has 0 fully saturated rings. The van der Waals surface area contributed by atoms with Crippen LogP contribution in [0.5, 0.6) is 0 Å². The van der Waals surface area contributed by atoms with Crippen LogP contribution >= 0.6 is 0 Å². The lowest BCUT2D eigenvalue weighted by molar-refractivity contribution is -0.203. The molecule has 0 aliphatic rings. The van der Waals surface area contributed by atoms with E-state index in [1.54, 1.807) is 0 Å². The molecule has 0 heterocycles. The van der Waals surface area contributed by atoms with Crippen LogP contribution in [0.1, 0.15) is 5.56 Å². The van der Waals surface area contributed by atoms with Crippen molar-refractivity contribution in [2.24, 2.45) is 0 Å². The second kappa shape index (κ2) is 3.96. The monoisotopic (exact) mass is 208 g/mol. The standard InChI is InChI=1S/C9H8F4O/c10-7-3-1-6(2-4-7)5-8(14)9(11,12)13/h1-4,8,14H,5H2/t8-/m1/s1. The molecule has 0 bridgehead atoms. The first kappa shape index (κ1) is 11.0. The van der Waals surface area contributed by atoms with Crippen molar-refractivity contribution in [2.75, 3.05) is 0 Å². The Bertz CT molecular complexity index is 291. The van der Waals surface area contributed by atoms with Crippen molar-refractivity contribution in [3.8, 4) is 0 Å². The first-order valence-electron chi connectivity index (χ1n) is 3.89. The van der Waals surface area contributed by atoms with Crippen molar-refractivity contribution < 1.29 is 22.7 Å². The first-order chi connectivity index (χ1) is 6.39. The highest BCUT2D eigenvalue weighted by Crippen LogP contribution is 2.22. The Kier molecular flexibility index (Phi) is 3.10. The minimum Gasteiger partial charge on any atom is -0.383 e. The van der Waals surface area contributed by atoms with Crippen molar-refractivity contribution in [1.29, 1.82) is 0 Å². The van der Waals surface area contributed by atoms with E-state index in [1.165, 1.54) is 12.1 Å². The summed E-state index contributed by atoms with van der Waals surface area (Å²) in [4.78, 5) is 0. The van der Waals surface area contributed by atoms with Gasteiger partial charge in [-0.1, -0.05) is 12.1 Å². The third-order valence-corrected chi connectivity index (χ3v) is 1.72. The molecule has 0 aliphatic carbocycles. The number of benzene rings is 1. The lowest BCUT2D eigenvalue weighted by atomic mass is 10.1. The number of halogens is 4. The normalized spacial score (nSPS) is 14.1. The number of aliphatic hydroxyl groups excluding tert-OH is 1. The maximum Gasteiger partial charge on any atom is 0.414 e. The molecule has 78 valence electrons. The van der Waals surface area contributed by atoms with Gasteiger partial charge in [-0.2, -0.15) is 13.2 Å². The molecule has 1 N–H and O–H groups in total. The highest BCUT2D eigenvalue weighted by atomic mass is 19.4. The first-order valence-corrected chi connectivity index (χ1v) is 3.89. The van der Waals surface area contributed by atoms with E-state index in [2.05, 4.69) is 0 Å². The van der Waals surface area contributed by atoms with Gasteiger partial charge in [-0.15, -0.1) is 0 Å². The largest absolute Gasteiger partial charge is 0.414 e. The van der Waals surface area contributed by atoms with E-state index in [-0.39, 0.29) is 5.56 Å². The molecular weight excluding hydrogens is 200 g/mol. The topological polar surface area (TPSA) is 20.2 Å². The molecular formula is C9H8F4O. The predicted octanol–water partition coefficient (Wildman–Crippen LogP) is 2.29. The zero-order valence-electron chi connectivity index (χ0n) is 7.05. The zero-order chi connectivity index (χ0) is 10.8. The molecule has 1 atom stereocenters. The zero-order valence-corrected chi connectivity index (χ0v) is 7.05. The van der Waals surface area contributed by atoms with Gasteiger partial charge < -0.3 is 5.11 Å². The third-order valence-electron chi connectivity index (χ3n) is 1.72. The van der Waals surface area contributed by atoms with Crippen LogP contribution in [0, 0.1) is 5.82 Å². The Morgan fingerprint density at radius 3 is 2.07 bits per heavy atom. The average molecular weight is 208 g/mol. The van der Waals surface area contributed by atoms with E-state index in [9.17, 15) is 17.6 Å². The summed E-state index contributed by atoms with van der Waals surface area (Å²) in [5.41, 5.74) is 0.247. The molecule has 1 aromatic rings. The minimum absolute atomic E-state index is 0.247. The fraction of sp³-hybridized carbons (Fsp3) is 0.333. The maximum atomic E-state index is 12.4. The molecule has 1 rings (SSSR count). The Morgan fingerprint density at radius 2 is 1.64 bits per heavy atom. The summed E-state index contributed by atoms with van der Waals surface area (Å²) >= 11 is 0. The molecule has 0 unspecified atom stereocenters. The van der Waals surface area contributed by atoms with Crippen molar-refractivity contribution in [1.82, 2.24) is 0 Å². The number of aliphatic hydroxyl groups is 1. The van der Waals surface area contributed by atoms with Gasteiger partial charge in [-0.25, -0.2) is 4.39 Å².